The lowest BCUT2D eigenvalue weighted by atomic mass is 9.92. The van der Waals surface area contributed by atoms with E-state index in [4.69, 9.17) is 10.5 Å². The van der Waals surface area contributed by atoms with E-state index in [1.807, 2.05) is 24.3 Å². The Kier molecular flexibility index (Phi) is 2.59. The molecular formula is C13H19NO. The summed E-state index contributed by atoms with van der Waals surface area (Å²) in [5, 5.41) is 0. The van der Waals surface area contributed by atoms with E-state index in [1.165, 1.54) is 6.42 Å². The first-order chi connectivity index (χ1) is 7.05. The fourth-order valence-corrected chi connectivity index (χ4v) is 2.21. The minimum absolute atomic E-state index is 0.378. The second-order valence-electron chi connectivity index (χ2n) is 5.22. The third-order valence-corrected chi connectivity index (χ3v) is 3.11. The Labute approximate surface area is 91.4 Å². The standard InChI is InChI=1S/C13H19NO/c1-13(2)8-7-12(9-13)15-11-5-3-10(14)4-6-11/h3-6,12H,7-9,14H2,1-2H3. The number of nitrogens with two attached hydrogens (primary N) is 1. The quantitative estimate of drug-likeness (QED) is 0.752. The zero-order chi connectivity index (χ0) is 10.9. The molecule has 0 saturated heterocycles. The van der Waals surface area contributed by atoms with Crippen molar-refractivity contribution in [3.63, 3.8) is 0 Å². The summed E-state index contributed by atoms with van der Waals surface area (Å²) in [4.78, 5) is 0. The summed E-state index contributed by atoms with van der Waals surface area (Å²) in [6.45, 7) is 4.61. The van der Waals surface area contributed by atoms with Crippen LogP contribution < -0.4 is 10.5 Å². The normalized spacial score (nSPS) is 24.0. The number of hydrogen-bond acceptors (Lipinski definition) is 2. The summed E-state index contributed by atoms with van der Waals surface area (Å²) >= 11 is 0. The van der Waals surface area contributed by atoms with Gasteiger partial charge in [-0.15, -0.1) is 0 Å². The Hall–Kier alpha value is -1.18. The van der Waals surface area contributed by atoms with Crippen molar-refractivity contribution in [1.82, 2.24) is 0 Å². The van der Waals surface area contributed by atoms with Gasteiger partial charge in [0.1, 0.15) is 5.75 Å². The van der Waals surface area contributed by atoms with Crippen LogP contribution >= 0.6 is 0 Å². The lowest BCUT2D eigenvalue weighted by molar-refractivity contribution is 0.193. The van der Waals surface area contributed by atoms with Crippen molar-refractivity contribution in [2.75, 3.05) is 5.73 Å². The Morgan fingerprint density at radius 3 is 2.47 bits per heavy atom. The van der Waals surface area contributed by atoms with Gasteiger partial charge in [-0.25, -0.2) is 0 Å². The van der Waals surface area contributed by atoms with Crippen molar-refractivity contribution in [3.05, 3.63) is 24.3 Å². The van der Waals surface area contributed by atoms with E-state index in [0.717, 1.165) is 24.3 Å². The zero-order valence-electron chi connectivity index (χ0n) is 9.49. The van der Waals surface area contributed by atoms with E-state index in [2.05, 4.69) is 13.8 Å². The van der Waals surface area contributed by atoms with Crippen LogP contribution in [-0.4, -0.2) is 6.10 Å². The number of anilines is 1. The van der Waals surface area contributed by atoms with Crippen molar-refractivity contribution in [2.45, 2.75) is 39.2 Å². The smallest absolute Gasteiger partial charge is 0.119 e. The molecule has 1 aromatic rings. The van der Waals surface area contributed by atoms with Crippen molar-refractivity contribution in [2.24, 2.45) is 5.41 Å². The monoisotopic (exact) mass is 205 g/mol. The van der Waals surface area contributed by atoms with Gasteiger partial charge in [-0.2, -0.15) is 0 Å². The molecular weight excluding hydrogens is 186 g/mol. The van der Waals surface area contributed by atoms with E-state index in [1.54, 1.807) is 0 Å². The van der Waals surface area contributed by atoms with Crippen molar-refractivity contribution in [3.8, 4) is 5.75 Å². The Bertz CT molecular complexity index is 329. The molecule has 1 unspecified atom stereocenters. The predicted octanol–water partition coefficient (Wildman–Crippen LogP) is 3.23. The predicted molar refractivity (Wildman–Crippen MR) is 62.9 cm³/mol. The molecule has 1 atom stereocenters. The number of benzene rings is 1. The lowest BCUT2D eigenvalue weighted by Crippen LogP contribution is -2.14. The van der Waals surface area contributed by atoms with Crippen molar-refractivity contribution >= 4 is 5.69 Å². The Balaban J connectivity index is 1.96. The number of ether oxygens (including phenoxy) is 1. The van der Waals surface area contributed by atoms with Crippen LogP contribution in [0.1, 0.15) is 33.1 Å². The van der Waals surface area contributed by atoms with Gasteiger partial charge in [0.25, 0.3) is 0 Å². The first-order valence-corrected chi connectivity index (χ1v) is 5.57. The maximum atomic E-state index is 5.91. The molecule has 2 N–H and O–H groups in total. The van der Waals surface area contributed by atoms with Gasteiger partial charge < -0.3 is 10.5 Å². The molecule has 1 fully saturated rings. The fraction of sp³-hybridized carbons (Fsp3) is 0.538. The van der Waals surface area contributed by atoms with E-state index in [9.17, 15) is 0 Å². The van der Waals surface area contributed by atoms with Crippen molar-refractivity contribution in [1.29, 1.82) is 0 Å². The highest BCUT2D eigenvalue weighted by molar-refractivity contribution is 5.41. The summed E-state index contributed by atoms with van der Waals surface area (Å²) in [7, 11) is 0. The summed E-state index contributed by atoms with van der Waals surface area (Å²) in [6.07, 6.45) is 3.95. The molecule has 15 heavy (non-hydrogen) atoms. The van der Waals surface area contributed by atoms with E-state index >= 15 is 0 Å². The molecule has 0 spiro atoms. The maximum Gasteiger partial charge on any atom is 0.119 e. The molecule has 1 aromatic carbocycles. The Morgan fingerprint density at radius 1 is 1.27 bits per heavy atom. The van der Waals surface area contributed by atoms with Gasteiger partial charge in [0.15, 0.2) is 0 Å². The van der Waals surface area contributed by atoms with Gasteiger partial charge >= 0.3 is 0 Å². The van der Waals surface area contributed by atoms with Gasteiger partial charge in [0.05, 0.1) is 6.10 Å². The van der Waals surface area contributed by atoms with Crippen LogP contribution in [0.5, 0.6) is 5.75 Å². The average molecular weight is 205 g/mol. The van der Waals surface area contributed by atoms with E-state index < -0.39 is 0 Å². The maximum absolute atomic E-state index is 5.91. The molecule has 0 heterocycles. The fourth-order valence-electron chi connectivity index (χ4n) is 2.21. The molecule has 2 nitrogen and oxygen atoms in total. The zero-order valence-corrected chi connectivity index (χ0v) is 9.49. The topological polar surface area (TPSA) is 35.2 Å². The lowest BCUT2D eigenvalue weighted by Gasteiger charge is -2.18. The summed E-state index contributed by atoms with van der Waals surface area (Å²) in [5.74, 6) is 0.937. The minimum atomic E-state index is 0.378. The van der Waals surface area contributed by atoms with Gasteiger partial charge in [-0.1, -0.05) is 13.8 Å². The van der Waals surface area contributed by atoms with Crippen LogP contribution in [0, 0.1) is 5.41 Å². The largest absolute Gasteiger partial charge is 0.490 e. The van der Waals surface area contributed by atoms with E-state index in [-0.39, 0.29) is 0 Å². The molecule has 1 aliphatic rings. The highest BCUT2D eigenvalue weighted by Gasteiger charge is 2.32. The van der Waals surface area contributed by atoms with Crippen LogP contribution in [0.25, 0.3) is 0 Å². The summed E-state index contributed by atoms with van der Waals surface area (Å²) in [5.41, 5.74) is 6.85. The third kappa shape index (κ3) is 2.65. The van der Waals surface area contributed by atoms with Crippen LogP contribution in [0.4, 0.5) is 5.69 Å². The van der Waals surface area contributed by atoms with E-state index in [0.29, 0.717) is 11.5 Å². The molecule has 0 amide bonds. The number of rotatable bonds is 2. The van der Waals surface area contributed by atoms with Gasteiger partial charge in [-0.3, -0.25) is 0 Å². The molecule has 2 heteroatoms. The first kappa shape index (κ1) is 10.3. The van der Waals surface area contributed by atoms with Gasteiger partial charge in [0.2, 0.25) is 0 Å². The highest BCUT2D eigenvalue weighted by Crippen LogP contribution is 2.38. The summed E-state index contributed by atoms with van der Waals surface area (Å²) < 4.78 is 5.91. The van der Waals surface area contributed by atoms with Crippen LogP contribution in [-0.2, 0) is 0 Å². The highest BCUT2D eigenvalue weighted by atomic mass is 16.5. The molecule has 2 rings (SSSR count). The van der Waals surface area contributed by atoms with Crippen LogP contribution in [0.2, 0.25) is 0 Å². The molecule has 0 bridgehead atoms. The summed E-state index contributed by atoms with van der Waals surface area (Å²) in [6, 6.07) is 7.66. The molecule has 0 radical (unpaired) electrons. The second kappa shape index (κ2) is 3.76. The molecule has 0 aliphatic heterocycles. The second-order valence-corrected chi connectivity index (χ2v) is 5.22. The van der Waals surface area contributed by atoms with Crippen molar-refractivity contribution < 1.29 is 4.74 Å². The molecule has 0 aromatic heterocycles. The molecule has 1 aliphatic carbocycles. The number of hydrogen-bond donors (Lipinski definition) is 1. The van der Waals surface area contributed by atoms with Crippen LogP contribution in [0.3, 0.4) is 0 Å². The van der Waals surface area contributed by atoms with Gasteiger partial charge in [-0.05, 0) is 48.9 Å². The van der Waals surface area contributed by atoms with Crippen LogP contribution in [0.15, 0.2) is 24.3 Å². The molecule has 82 valence electrons. The van der Waals surface area contributed by atoms with Gasteiger partial charge in [0, 0.05) is 5.69 Å². The average Bonchev–Trinajstić information content (AvgIpc) is 2.50. The third-order valence-electron chi connectivity index (χ3n) is 3.11. The first-order valence-electron chi connectivity index (χ1n) is 5.57. The Morgan fingerprint density at radius 2 is 1.93 bits per heavy atom. The number of nitrogen functional groups attached to an aromatic ring is 1. The SMILES string of the molecule is CC1(C)CCC(Oc2ccc(N)cc2)C1. The molecule has 1 saturated carbocycles. The minimum Gasteiger partial charge on any atom is -0.490 e.